The van der Waals surface area contributed by atoms with E-state index >= 15 is 0 Å². The van der Waals surface area contributed by atoms with Gasteiger partial charge in [0.2, 0.25) is 0 Å². The van der Waals surface area contributed by atoms with E-state index in [4.69, 9.17) is 5.11 Å². The van der Waals surface area contributed by atoms with E-state index in [1.807, 2.05) is 23.8 Å². The number of fused-ring (bicyclic) bond motifs is 1. The third-order valence-electron chi connectivity index (χ3n) is 3.45. The van der Waals surface area contributed by atoms with Gasteiger partial charge < -0.3 is 14.8 Å². The maximum absolute atomic E-state index is 11.2. The van der Waals surface area contributed by atoms with E-state index in [9.17, 15) is 9.90 Å². The third-order valence-corrected chi connectivity index (χ3v) is 3.45. The molecule has 1 aromatic carbocycles. The van der Waals surface area contributed by atoms with Crippen molar-refractivity contribution in [1.29, 1.82) is 0 Å². The molecule has 0 aliphatic heterocycles. The van der Waals surface area contributed by atoms with E-state index in [1.165, 1.54) is 5.56 Å². The van der Waals surface area contributed by atoms with Crippen LogP contribution in [0.1, 0.15) is 41.3 Å². The molecule has 0 fully saturated rings. The Morgan fingerprint density at radius 3 is 2.58 bits per heavy atom. The highest BCUT2D eigenvalue weighted by atomic mass is 16.4. The second-order valence-corrected chi connectivity index (χ2v) is 5.15. The maximum Gasteiger partial charge on any atom is 0.336 e. The molecule has 19 heavy (non-hydrogen) atoms. The van der Waals surface area contributed by atoms with Crippen molar-refractivity contribution in [2.45, 2.75) is 33.2 Å². The summed E-state index contributed by atoms with van der Waals surface area (Å²) in [5.41, 5.74) is 3.15. The number of aromatic nitrogens is 1. The van der Waals surface area contributed by atoms with Crippen molar-refractivity contribution >= 4 is 16.9 Å². The van der Waals surface area contributed by atoms with Crippen LogP contribution >= 0.6 is 0 Å². The molecule has 0 radical (unpaired) electrons. The summed E-state index contributed by atoms with van der Waals surface area (Å²) in [6.45, 7) is 6.55. The van der Waals surface area contributed by atoms with Crippen LogP contribution in [0.3, 0.4) is 0 Å². The summed E-state index contributed by atoms with van der Waals surface area (Å²) in [5.74, 6) is -0.556. The predicted octanol–water partition coefficient (Wildman–Crippen LogP) is 2.76. The lowest BCUT2D eigenvalue weighted by molar-refractivity contribution is 0.0696. The average molecular weight is 261 g/mol. The molecule has 0 spiro atoms. The molecule has 0 amide bonds. The molecular weight excluding hydrogens is 242 g/mol. The van der Waals surface area contributed by atoms with Gasteiger partial charge in [-0.15, -0.1) is 0 Å². The van der Waals surface area contributed by atoms with E-state index in [-0.39, 0.29) is 6.61 Å². The first-order valence-electron chi connectivity index (χ1n) is 6.43. The molecule has 2 N–H and O–H groups in total. The third kappa shape index (κ3) is 2.36. The van der Waals surface area contributed by atoms with Crippen LogP contribution in [0, 0.1) is 6.92 Å². The second kappa shape index (κ2) is 5.05. The van der Waals surface area contributed by atoms with Crippen LogP contribution in [0.2, 0.25) is 0 Å². The number of aryl methyl sites for hydroxylation is 1. The monoisotopic (exact) mass is 261 g/mol. The topological polar surface area (TPSA) is 62.5 Å². The zero-order valence-corrected chi connectivity index (χ0v) is 11.5. The molecule has 0 bridgehead atoms. The highest BCUT2D eigenvalue weighted by molar-refractivity contribution is 5.96. The number of nitrogens with zero attached hydrogens (tertiary/aromatic N) is 1. The van der Waals surface area contributed by atoms with E-state index < -0.39 is 5.97 Å². The molecule has 0 saturated carbocycles. The molecule has 102 valence electrons. The van der Waals surface area contributed by atoms with Crippen molar-refractivity contribution < 1.29 is 15.0 Å². The zero-order valence-electron chi connectivity index (χ0n) is 11.5. The van der Waals surface area contributed by atoms with Crippen LogP contribution in [-0.2, 0) is 6.54 Å². The molecule has 1 aromatic heterocycles. The van der Waals surface area contributed by atoms with E-state index in [0.29, 0.717) is 18.0 Å². The summed E-state index contributed by atoms with van der Waals surface area (Å²) in [6.07, 6.45) is 2.01. The molecule has 0 aliphatic carbocycles. The Balaban J connectivity index is 2.75. The van der Waals surface area contributed by atoms with Crippen LogP contribution in [0.5, 0.6) is 0 Å². The summed E-state index contributed by atoms with van der Waals surface area (Å²) in [6, 6.07) is 3.64. The van der Waals surface area contributed by atoms with E-state index in [2.05, 4.69) is 13.8 Å². The summed E-state index contributed by atoms with van der Waals surface area (Å²) >= 11 is 0. The summed E-state index contributed by atoms with van der Waals surface area (Å²) in [5, 5.41) is 19.4. The molecule has 4 nitrogen and oxygen atoms in total. The molecular formula is C15H19NO3. The minimum absolute atomic E-state index is 0.0393. The number of aliphatic hydroxyl groups excluding tert-OH is 1. The lowest BCUT2D eigenvalue weighted by Crippen LogP contribution is -2.03. The highest BCUT2D eigenvalue weighted by Gasteiger charge is 2.15. The maximum atomic E-state index is 11.2. The number of carboxylic acids is 1. The van der Waals surface area contributed by atoms with Crippen molar-refractivity contribution in [3.8, 4) is 0 Å². The number of hydrogen-bond donors (Lipinski definition) is 2. The Hall–Kier alpha value is -1.81. The van der Waals surface area contributed by atoms with Gasteiger partial charge in [-0.05, 0) is 36.1 Å². The minimum atomic E-state index is -0.915. The normalized spacial score (nSPS) is 11.4. The molecule has 0 atom stereocenters. The van der Waals surface area contributed by atoms with Gasteiger partial charge in [-0.1, -0.05) is 13.8 Å². The molecule has 1 heterocycles. The van der Waals surface area contributed by atoms with E-state index in [0.717, 1.165) is 16.5 Å². The number of aliphatic hydroxyl groups is 1. The lowest BCUT2D eigenvalue weighted by Gasteiger charge is -2.06. The SMILES string of the molecule is Cc1cc2c(C(C)C)cn(CCO)c2cc1C(=O)O. The Morgan fingerprint density at radius 2 is 2.05 bits per heavy atom. The van der Waals surface area contributed by atoms with Crippen LogP contribution in [-0.4, -0.2) is 27.4 Å². The average Bonchev–Trinajstić information content (AvgIpc) is 2.66. The first kappa shape index (κ1) is 13.6. The standard InChI is InChI=1S/C15H19NO3/c1-9(2)13-8-16(4-5-17)14-7-11(15(18)19)10(3)6-12(13)14/h6-9,17H,4-5H2,1-3H3,(H,18,19). The first-order valence-corrected chi connectivity index (χ1v) is 6.43. The minimum Gasteiger partial charge on any atom is -0.478 e. The van der Waals surface area contributed by atoms with Gasteiger partial charge in [-0.25, -0.2) is 4.79 Å². The van der Waals surface area contributed by atoms with Gasteiger partial charge in [-0.3, -0.25) is 0 Å². The van der Waals surface area contributed by atoms with Crippen molar-refractivity contribution in [2.75, 3.05) is 6.61 Å². The number of hydrogen-bond acceptors (Lipinski definition) is 2. The highest BCUT2D eigenvalue weighted by Crippen LogP contribution is 2.30. The van der Waals surface area contributed by atoms with Crippen LogP contribution in [0.25, 0.3) is 10.9 Å². The van der Waals surface area contributed by atoms with Gasteiger partial charge in [0.25, 0.3) is 0 Å². The van der Waals surface area contributed by atoms with Crippen molar-refractivity contribution in [3.05, 3.63) is 35.0 Å². The van der Waals surface area contributed by atoms with E-state index in [1.54, 1.807) is 6.07 Å². The summed E-state index contributed by atoms with van der Waals surface area (Å²) < 4.78 is 1.93. The molecule has 2 aromatic rings. The van der Waals surface area contributed by atoms with Gasteiger partial charge in [0.15, 0.2) is 0 Å². The Labute approximate surface area is 112 Å². The smallest absolute Gasteiger partial charge is 0.336 e. The van der Waals surface area contributed by atoms with Gasteiger partial charge in [0.05, 0.1) is 12.2 Å². The van der Waals surface area contributed by atoms with Gasteiger partial charge in [0, 0.05) is 23.6 Å². The lowest BCUT2D eigenvalue weighted by atomic mass is 9.99. The first-order chi connectivity index (χ1) is 8.95. The summed E-state index contributed by atoms with van der Waals surface area (Å²) in [4.78, 5) is 11.2. The largest absolute Gasteiger partial charge is 0.478 e. The van der Waals surface area contributed by atoms with Gasteiger partial charge in [-0.2, -0.15) is 0 Å². The molecule has 0 saturated heterocycles. The number of carbonyl (C=O) groups is 1. The van der Waals surface area contributed by atoms with Crippen molar-refractivity contribution in [2.24, 2.45) is 0 Å². The Morgan fingerprint density at radius 1 is 1.37 bits per heavy atom. The molecule has 2 rings (SSSR count). The second-order valence-electron chi connectivity index (χ2n) is 5.15. The Bertz CT molecular complexity index is 626. The number of rotatable bonds is 4. The molecule has 0 aliphatic rings. The van der Waals surface area contributed by atoms with Crippen molar-refractivity contribution in [1.82, 2.24) is 4.57 Å². The van der Waals surface area contributed by atoms with Gasteiger partial charge >= 0.3 is 5.97 Å². The number of carboxylic acid groups (broad SMARTS) is 1. The predicted molar refractivity (Wildman–Crippen MR) is 74.8 cm³/mol. The van der Waals surface area contributed by atoms with Crippen molar-refractivity contribution in [3.63, 3.8) is 0 Å². The molecule has 0 unspecified atom stereocenters. The quantitative estimate of drug-likeness (QED) is 0.889. The fourth-order valence-electron chi connectivity index (χ4n) is 2.46. The summed E-state index contributed by atoms with van der Waals surface area (Å²) in [7, 11) is 0. The Kier molecular flexibility index (Phi) is 3.62. The fraction of sp³-hybridized carbons (Fsp3) is 0.400. The zero-order chi connectivity index (χ0) is 14.2. The van der Waals surface area contributed by atoms with Crippen LogP contribution < -0.4 is 0 Å². The number of aromatic carboxylic acids is 1. The van der Waals surface area contributed by atoms with Gasteiger partial charge in [0.1, 0.15) is 0 Å². The van der Waals surface area contributed by atoms with Crippen LogP contribution in [0.15, 0.2) is 18.3 Å². The van der Waals surface area contributed by atoms with Crippen LogP contribution in [0.4, 0.5) is 0 Å². The molecule has 4 heteroatoms. The fourth-order valence-corrected chi connectivity index (χ4v) is 2.46. The number of benzene rings is 1.